The fraction of sp³-hybridized carbons (Fsp3) is 0.591. The topological polar surface area (TPSA) is 143 Å². The Morgan fingerprint density at radius 3 is 1.91 bits per heavy atom. The highest BCUT2D eigenvalue weighted by Crippen LogP contribution is 2.48. The summed E-state index contributed by atoms with van der Waals surface area (Å²) in [6.07, 6.45) is 14.2. The van der Waals surface area contributed by atoms with E-state index in [0.29, 0.717) is 19.6 Å². The summed E-state index contributed by atoms with van der Waals surface area (Å²) in [5.41, 5.74) is -2.28. The van der Waals surface area contributed by atoms with E-state index in [1.54, 1.807) is 6.08 Å². The lowest BCUT2D eigenvalue weighted by Gasteiger charge is -2.39. The summed E-state index contributed by atoms with van der Waals surface area (Å²) >= 11 is 5.81. The molecule has 11 heteroatoms. The maximum absolute atomic E-state index is 14.9. The summed E-state index contributed by atoms with van der Waals surface area (Å²) < 4.78 is 18.8. The number of hydrogen-bond acceptors (Lipinski definition) is 8. The molecule has 2 aromatic rings. The first-order chi connectivity index (χ1) is 26.4. The van der Waals surface area contributed by atoms with Crippen molar-refractivity contribution in [3.05, 3.63) is 83.9 Å². The van der Waals surface area contributed by atoms with Gasteiger partial charge in [0.2, 0.25) is 5.91 Å². The molecule has 2 aromatic carbocycles. The van der Waals surface area contributed by atoms with Crippen LogP contribution in [0, 0.1) is 11.8 Å². The molecule has 1 amide bonds. The van der Waals surface area contributed by atoms with E-state index >= 15 is 0 Å². The van der Waals surface area contributed by atoms with Crippen molar-refractivity contribution in [2.45, 2.75) is 140 Å². The highest BCUT2D eigenvalue weighted by molar-refractivity contribution is 7.80. The van der Waals surface area contributed by atoms with Crippen molar-refractivity contribution in [2.24, 2.45) is 11.8 Å². The number of carbonyl (C=O) groups is 3. The van der Waals surface area contributed by atoms with Crippen molar-refractivity contribution in [1.29, 1.82) is 0 Å². The molecule has 2 heterocycles. The minimum Gasteiger partial charge on any atom is -0.481 e. The molecule has 3 atom stereocenters. The number of unbranched alkanes of at least 4 members (excludes halogenated alkanes) is 8. The third kappa shape index (κ3) is 11.0. The molecule has 2 fully saturated rings. The Morgan fingerprint density at radius 1 is 0.855 bits per heavy atom. The number of carboxylic acids is 2. The first-order valence-corrected chi connectivity index (χ1v) is 20.6. The van der Waals surface area contributed by atoms with Gasteiger partial charge in [-0.3, -0.25) is 14.5 Å². The Labute approximate surface area is 332 Å². The van der Waals surface area contributed by atoms with Gasteiger partial charge in [-0.15, -0.1) is 0 Å². The normalized spacial score (nSPS) is 19.4. The number of allylic oxidation sites excluding steroid dienone is 1. The average Bonchev–Trinajstić information content (AvgIpc) is 3.77. The van der Waals surface area contributed by atoms with E-state index in [0.717, 1.165) is 56.1 Å². The maximum atomic E-state index is 14.9. The Bertz CT molecular complexity index is 1520. The summed E-state index contributed by atoms with van der Waals surface area (Å²) in [5, 5.41) is 31.5. The zero-order valence-corrected chi connectivity index (χ0v) is 33.6. The Kier molecular flexibility index (Phi) is 16.9. The molecule has 0 saturated carbocycles. The van der Waals surface area contributed by atoms with E-state index < -0.39 is 53.2 Å². The lowest BCUT2D eigenvalue weighted by molar-refractivity contribution is -0.169. The summed E-state index contributed by atoms with van der Waals surface area (Å²) in [7, 11) is 0. The van der Waals surface area contributed by atoms with Crippen LogP contribution in [-0.4, -0.2) is 73.9 Å². The van der Waals surface area contributed by atoms with Gasteiger partial charge in [0.15, 0.2) is 17.0 Å². The number of nitrogens with zero attached hydrogens (tertiary/aromatic N) is 1. The van der Waals surface area contributed by atoms with Gasteiger partial charge in [0, 0.05) is 30.4 Å². The minimum atomic E-state index is -2.60. The SMILES string of the molecule is CCCCCCCC1(CCCCCC/C=C/[C@H](C(=O)N2C(=S)OC(c3ccccc3)(c3ccccc3)[C@@H]2C(C)C)[C@@](O)(CCCC(=O)O)C(=O)O)OCCO1. The number of amides is 1. The molecule has 2 saturated heterocycles. The van der Waals surface area contributed by atoms with Crippen molar-refractivity contribution >= 4 is 35.2 Å². The van der Waals surface area contributed by atoms with Gasteiger partial charge in [-0.1, -0.05) is 132 Å². The van der Waals surface area contributed by atoms with Gasteiger partial charge in [0.1, 0.15) is 0 Å². The van der Waals surface area contributed by atoms with E-state index in [9.17, 15) is 29.7 Å². The van der Waals surface area contributed by atoms with Gasteiger partial charge < -0.3 is 29.5 Å². The summed E-state index contributed by atoms with van der Waals surface area (Å²) in [4.78, 5) is 40.5. The molecule has 0 aliphatic carbocycles. The van der Waals surface area contributed by atoms with Crippen LogP contribution in [0.4, 0.5) is 0 Å². The molecule has 302 valence electrons. The monoisotopic (exact) mass is 779 g/mol. The van der Waals surface area contributed by atoms with Crippen molar-refractivity contribution in [2.75, 3.05) is 13.2 Å². The molecule has 0 unspecified atom stereocenters. The average molecular weight is 780 g/mol. The predicted molar refractivity (Wildman–Crippen MR) is 215 cm³/mol. The molecule has 2 aliphatic heterocycles. The second-order valence-electron chi connectivity index (χ2n) is 15.3. The zero-order valence-electron chi connectivity index (χ0n) is 32.8. The van der Waals surface area contributed by atoms with Crippen molar-refractivity contribution in [3.8, 4) is 0 Å². The molecular weight excluding hydrogens is 719 g/mol. The number of thiocarbonyl (C=S) groups is 1. The van der Waals surface area contributed by atoms with E-state index in [2.05, 4.69) is 6.92 Å². The quantitative estimate of drug-likeness (QED) is 0.0538. The Morgan fingerprint density at radius 2 is 1.40 bits per heavy atom. The van der Waals surface area contributed by atoms with Gasteiger partial charge in [-0.2, -0.15) is 0 Å². The van der Waals surface area contributed by atoms with Gasteiger partial charge >= 0.3 is 11.9 Å². The second-order valence-corrected chi connectivity index (χ2v) is 15.7. The molecular formula is C44H61NO9S. The number of carbonyl (C=O) groups excluding carboxylic acids is 1. The molecule has 10 nitrogen and oxygen atoms in total. The van der Waals surface area contributed by atoms with Crippen LogP contribution in [0.5, 0.6) is 0 Å². The first kappa shape index (κ1) is 44.1. The van der Waals surface area contributed by atoms with E-state index in [1.807, 2.05) is 74.5 Å². The maximum Gasteiger partial charge on any atom is 0.336 e. The predicted octanol–water partition coefficient (Wildman–Crippen LogP) is 8.79. The Balaban J connectivity index is 1.53. The molecule has 2 aliphatic rings. The summed E-state index contributed by atoms with van der Waals surface area (Å²) in [6, 6.07) is 18.3. The van der Waals surface area contributed by atoms with Crippen LogP contribution in [0.3, 0.4) is 0 Å². The van der Waals surface area contributed by atoms with E-state index in [1.165, 1.54) is 36.7 Å². The largest absolute Gasteiger partial charge is 0.481 e. The fourth-order valence-corrected chi connectivity index (χ4v) is 8.52. The van der Waals surface area contributed by atoms with Gasteiger partial charge in [-0.25, -0.2) is 4.79 Å². The van der Waals surface area contributed by atoms with Crippen molar-refractivity contribution in [1.82, 2.24) is 4.90 Å². The van der Waals surface area contributed by atoms with E-state index in [-0.39, 0.29) is 23.9 Å². The summed E-state index contributed by atoms with van der Waals surface area (Å²) in [5.74, 6) is -5.74. The van der Waals surface area contributed by atoms with Crippen LogP contribution in [-0.2, 0) is 34.2 Å². The highest BCUT2D eigenvalue weighted by atomic mass is 32.1. The Hall–Kier alpha value is -3.64. The van der Waals surface area contributed by atoms with Gasteiger partial charge in [0.05, 0.1) is 25.2 Å². The molecule has 4 rings (SSSR count). The van der Waals surface area contributed by atoms with Crippen LogP contribution in [0.25, 0.3) is 0 Å². The molecule has 0 aromatic heterocycles. The van der Waals surface area contributed by atoms with Crippen LogP contribution in [0.15, 0.2) is 72.8 Å². The molecule has 3 N–H and O–H groups in total. The minimum absolute atomic E-state index is 0.123. The van der Waals surface area contributed by atoms with Crippen molar-refractivity contribution < 1.29 is 43.9 Å². The number of hydrogen-bond donors (Lipinski definition) is 3. The van der Waals surface area contributed by atoms with Crippen LogP contribution in [0.1, 0.15) is 128 Å². The van der Waals surface area contributed by atoms with Gasteiger partial charge in [-0.05, 0) is 56.7 Å². The number of aliphatic carboxylic acids is 2. The van der Waals surface area contributed by atoms with Gasteiger partial charge in [0.25, 0.3) is 5.17 Å². The molecule has 0 bridgehead atoms. The van der Waals surface area contributed by atoms with Crippen LogP contribution >= 0.6 is 12.2 Å². The lowest BCUT2D eigenvalue weighted by atomic mass is 9.75. The molecule has 0 radical (unpaired) electrons. The number of aliphatic hydroxyl groups is 1. The fourth-order valence-electron chi connectivity index (χ4n) is 8.19. The number of carboxylic acid groups (broad SMARTS) is 2. The van der Waals surface area contributed by atoms with Crippen LogP contribution in [0.2, 0.25) is 0 Å². The third-order valence-corrected chi connectivity index (χ3v) is 11.3. The molecule has 0 spiro atoms. The number of rotatable bonds is 24. The first-order valence-electron chi connectivity index (χ1n) is 20.2. The number of ether oxygens (including phenoxy) is 3. The van der Waals surface area contributed by atoms with Crippen LogP contribution < -0.4 is 0 Å². The third-order valence-electron chi connectivity index (χ3n) is 11.0. The standard InChI is InChI=1S/C44H61NO9S/c1-4-5-6-10-19-28-42(52-31-32-53-42)29-20-11-8-7-9-18-26-36(43(51,40(49)50)30-21-27-37(46)47)39(48)45-38(33(2)3)44(54-41(45)55,34-22-14-12-15-23-34)35-24-16-13-17-25-35/h12-18,22-26,33,36,38,51H,4-11,19-21,27-32H2,1-3H3,(H,46,47)(H,49,50)/b26-18+/t36-,38+,43+/m1/s1. The van der Waals surface area contributed by atoms with Crippen molar-refractivity contribution in [3.63, 3.8) is 0 Å². The number of benzene rings is 2. The second kappa shape index (κ2) is 21.0. The highest BCUT2D eigenvalue weighted by Gasteiger charge is 2.60. The molecule has 55 heavy (non-hydrogen) atoms. The lowest BCUT2D eigenvalue weighted by Crippen LogP contribution is -2.56. The van der Waals surface area contributed by atoms with E-state index in [4.69, 9.17) is 26.4 Å². The smallest absolute Gasteiger partial charge is 0.336 e. The zero-order chi connectivity index (χ0) is 39.9. The summed E-state index contributed by atoms with van der Waals surface area (Å²) in [6.45, 7) is 7.37.